The molecule has 0 saturated carbocycles. The fourth-order valence-corrected chi connectivity index (χ4v) is 5.31. The first kappa shape index (κ1) is 24.0. The number of rotatable bonds is 8. The SMILES string of the molecule is COc1ccc(S(=O)(=O)N2CCOCC2)cc1NC(=O)COc1cccc(N2CCCC2=O)c1. The molecule has 0 radical (unpaired) electrons. The van der Waals surface area contributed by atoms with E-state index in [4.69, 9.17) is 14.2 Å². The second-order valence-electron chi connectivity index (χ2n) is 7.86. The molecule has 34 heavy (non-hydrogen) atoms. The Morgan fingerprint density at radius 2 is 1.91 bits per heavy atom. The van der Waals surface area contributed by atoms with Gasteiger partial charge in [0.05, 0.1) is 30.9 Å². The number of morpholine rings is 1. The van der Waals surface area contributed by atoms with E-state index in [2.05, 4.69) is 5.32 Å². The van der Waals surface area contributed by atoms with Gasteiger partial charge in [-0.2, -0.15) is 4.31 Å². The molecule has 2 aliphatic rings. The molecular formula is C23H27N3O7S. The lowest BCUT2D eigenvalue weighted by Gasteiger charge is -2.26. The zero-order chi connectivity index (χ0) is 24.1. The highest BCUT2D eigenvalue weighted by atomic mass is 32.2. The van der Waals surface area contributed by atoms with E-state index in [1.807, 2.05) is 6.07 Å². The Bertz CT molecular complexity index is 1160. The highest BCUT2D eigenvalue weighted by molar-refractivity contribution is 7.89. The number of ether oxygens (including phenoxy) is 3. The first-order chi connectivity index (χ1) is 16.4. The molecule has 2 amide bonds. The van der Waals surface area contributed by atoms with Crippen molar-refractivity contribution in [3.8, 4) is 11.5 Å². The van der Waals surface area contributed by atoms with Crippen molar-refractivity contribution in [3.63, 3.8) is 0 Å². The van der Waals surface area contributed by atoms with E-state index in [0.29, 0.717) is 37.7 Å². The summed E-state index contributed by atoms with van der Waals surface area (Å²) in [5.74, 6) is 0.350. The Morgan fingerprint density at radius 1 is 1.12 bits per heavy atom. The number of amides is 2. The third-order valence-electron chi connectivity index (χ3n) is 5.63. The molecule has 2 fully saturated rings. The molecule has 0 spiro atoms. The summed E-state index contributed by atoms with van der Waals surface area (Å²) in [5, 5.41) is 2.66. The van der Waals surface area contributed by atoms with Crippen LogP contribution in [-0.2, 0) is 24.3 Å². The summed E-state index contributed by atoms with van der Waals surface area (Å²) in [4.78, 5) is 26.3. The number of nitrogens with zero attached hydrogens (tertiary/aromatic N) is 2. The molecule has 2 aromatic carbocycles. The molecule has 4 rings (SSSR count). The molecule has 11 heteroatoms. The maximum atomic E-state index is 13.0. The first-order valence-corrected chi connectivity index (χ1v) is 12.4. The fourth-order valence-electron chi connectivity index (χ4n) is 3.88. The van der Waals surface area contributed by atoms with Crippen molar-refractivity contribution in [2.75, 3.05) is 56.8 Å². The molecule has 0 bridgehead atoms. The summed E-state index contributed by atoms with van der Waals surface area (Å²) in [7, 11) is -2.30. The van der Waals surface area contributed by atoms with Gasteiger partial charge < -0.3 is 24.4 Å². The van der Waals surface area contributed by atoms with E-state index < -0.39 is 15.9 Å². The molecule has 2 heterocycles. The second kappa shape index (κ2) is 10.4. The van der Waals surface area contributed by atoms with E-state index in [0.717, 1.165) is 12.1 Å². The van der Waals surface area contributed by atoms with E-state index >= 15 is 0 Å². The van der Waals surface area contributed by atoms with Gasteiger partial charge in [0.15, 0.2) is 6.61 Å². The molecule has 1 N–H and O–H groups in total. The van der Waals surface area contributed by atoms with Crippen LogP contribution in [0.4, 0.5) is 11.4 Å². The predicted octanol–water partition coefficient (Wildman–Crippen LogP) is 1.86. The molecule has 0 unspecified atom stereocenters. The Morgan fingerprint density at radius 3 is 2.62 bits per heavy atom. The molecule has 0 atom stereocenters. The lowest BCUT2D eigenvalue weighted by molar-refractivity contribution is -0.118. The van der Waals surface area contributed by atoms with Gasteiger partial charge >= 0.3 is 0 Å². The smallest absolute Gasteiger partial charge is 0.262 e. The van der Waals surface area contributed by atoms with Crippen molar-refractivity contribution < 1.29 is 32.2 Å². The summed E-state index contributed by atoms with van der Waals surface area (Å²) >= 11 is 0. The maximum Gasteiger partial charge on any atom is 0.262 e. The number of sulfonamides is 1. The lowest BCUT2D eigenvalue weighted by Crippen LogP contribution is -2.40. The standard InChI is InChI=1S/C23H27N3O7S/c1-31-21-8-7-19(34(29,30)25-10-12-32-13-11-25)15-20(21)24-22(27)16-33-18-5-2-4-17(14-18)26-9-3-6-23(26)28/h2,4-5,7-8,14-15H,3,6,9-13,16H2,1H3,(H,24,27). The van der Waals surface area contributed by atoms with E-state index in [-0.39, 0.29) is 36.2 Å². The Hall–Kier alpha value is -3.15. The highest BCUT2D eigenvalue weighted by Gasteiger charge is 2.27. The van der Waals surface area contributed by atoms with Crippen LogP contribution >= 0.6 is 0 Å². The van der Waals surface area contributed by atoms with Crippen molar-refractivity contribution in [3.05, 3.63) is 42.5 Å². The van der Waals surface area contributed by atoms with Gasteiger partial charge in [-0.1, -0.05) is 6.07 Å². The van der Waals surface area contributed by atoms with Crippen LogP contribution in [-0.4, -0.2) is 71.1 Å². The normalized spacial score (nSPS) is 17.0. The molecule has 0 aromatic heterocycles. The number of hydrogen-bond acceptors (Lipinski definition) is 7. The number of methoxy groups -OCH3 is 1. The van der Waals surface area contributed by atoms with Gasteiger partial charge in [-0.3, -0.25) is 9.59 Å². The van der Waals surface area contributed by atoms with E-state index in [9.17, 15) is 18.0 Å². The predicted molar refractivity (Wildman–Crippen MR) is 125 cm³/mol. The summed E-state index contributed by atoms with van der Waals surface area (Å²) < 4.78 is 43.4. The first-order valence-electron chi connectivity index (χ1n) is 11.0. The van der Waals surface area contributed by atoms with Crippen LogP contribution in [0.1, 0.15) is 12.8 Å². The number of nitrogens with one attached hydrogen (secondary N) is 1. The van der Waals surface area contributed by atoms with Crippen LogP contribution in [0.2, 0.25) is 0 Å². The molecule has 182 valence electrons. The average molecular weight is 490 g/mol. The zero-order valence-electron chi connectivity index (χ0n) is 18.9. The monoisotopic (exact) mass is 489 g/mol. The molecule has 0 aliphatic carbocycles. The third kappa shape index (κ3) is 5.32. The molecule has 2 saturated heterocycles. The summed E-state index contributed by atoms with van der Waals surface area (Å²) in [6.07, 6.45) is 1.34. The van der Waals surface area contributed by atoms with Gasteiger partial charge in [-0.05, 0) is 36.8 Å². The van der Waals surface area contributed by atoms with Gasteiger partial charge in [0.2, 0.25) is 15.9 Å². The van der Waals surface area contributed by atoms with Crippen molar-refractivity contribution in [1.29, 1.82) is 0 Å². The number of hydrogen-bond donors (Lipinski definition) is 1. The van der Waals surface area contributed by atoms with E-state index in [1.54, 1.807) is 23.1 Å². The van der Waals surface area contributed by atoms with Gasteiger partial charge in [0, 0.05) is 37.8 Å². The number of carbonyl (C=O) groups excluding carboxylic acids is 2. The lowest BCUT2D eigenvalue weighted by atomic mass is 10.2. The highest BCUT2D eigenvalue weighted by Crippen LogP contribution is 2.30. The summed E-state index contributed by atoms with van der Waals surface area (Å²) in [5.41, 5.74) is 0.949. The Kier molecular flexibility index (Phi) is 7.35. The van der Waals surface area contributed by atoms with Gasteiger partial charge in [0.1, 0.15) is 11.5 Å². The van der Waals surface area contributed by atoms with Gasteiger partial charge in [-0.15, -0.1) is 0 Å². The summed E-state index contributed by atoms with van der Waals surface area (Å²) in [6.45, 7) is 1.57. The average Bonchev–Trinajstić information content (AvgIpc) is 3.29. The van der Waals surface area contributed by atoms with Crippen LogP contribution in [0, 0.1) is 0 Å². The third-order valence-corrected chi connectivity index (χ3v) is 7.52. The topological polar surface area (TPSA) is 114 Å². The van der Waals surface area contributed by atoms with Crippen molar-refractivity contribution in [2.45, 2.75) is 17.7 Å². The quantitative estimate of drug-likeness (QED) is 0.602. The van der Waals surface area contributed by atoms with Crippen molar-refractivity contribution in [1.82, 2.24) is 4.31 Å². The van der Waals surface area contributed by atoms with Crippen molar-refractivity contribution >= 4 is 33.2 Å². The minimum atomic E-state index is -3.73. The molecule has 2 aromatic rings. The van der Waals surface area contributed by atoms with Crippen LogP contribution in [0.3, 0.4) is 0 Å². The Labute approximate surface area is 198 Å². The maximum absolute atomic E-state index is 13.0. The number of benzene rings is 2. The Balaban J connectivity index is 1.43. The minimum Gasteiger partial charge on any atom is -0.495 e. The van der Waals surface area contributed by atoms with Crippen molar-refractivity contribution in [2.24, 2.45) is 0 Å². The van der Waals surface area contributed by atoms with Gasteiger partial charge in [0.25, 0.3) is 5.91 Å². The zero-order valence-corrected chi connectivity index (χ0v) is 19.7. The van der Waals surface area contributed by atoms with Crippen LogP contribution in [0.5, 0.6) is 11.5 Å². The van der Waals surface area contributed by atoms with Crippen LogP contribution in [0.15, 0.2) is 47.4 Å². The van der Waals surface area contributed by atoms with Crippen LogP contribution in [0.25, 0.3) is 0 Å². The fraction of sp³-hybridized carbons (Fsp3) is 0.391. The molecular weight excluding hydrogens is 462 g/mol. The summed E-state index contributed by atoms with van der Waals surface area (Å²) in [6, 6.07) is 11.3. The largest absolute Gasteiger partial charge is 0.495 e. The molecule has 10 nitrogen and oxygen atoms in total. The molecule has 2 aliphatic heterocycles. The van der Waals surface area contributed by atoms with Crippen LogP contribution < -0.4 is 19.7 Å². The minimum absolute atomic E-state index is 0.0504. The van der Waals surface area contributed by atoms with Gasteiger partial charge in [-0.25, -0.2) is 8.42 Å². The number of anilines is 2. The van der Waals surface area contributed by atoms with E-state index in [1.165, 1.54) is 29.6 Å². The second-order valence-corrected chi connectivity index (χ2v) is 9.80. The number of carbonyl (C=O) groups is 2.